The van der Waals surface area contributed by atoms with Gasteiger partial charge in [0.25, 0.3) is 0 Å². The van der Waals surface area contributed by atoms with Crippen LogP contribution >= 0.6 is 0 Å². The van der Waals surface area contributed by atoms with Crippen molar-refractivity contribution in [2.45, 2.75) is 44.6 Å². The summed E-state index contributed by atoms with van der Waals surface area (Å²) in [5.41, 5.74) is 0.982. The number of sulfonamides is 1. The lowest BCUT2D eigenvalue weighted by Gasteiger charge is -2.27. The summed E-state index contributed by atoms with van der Waals surface area (Å²) in [6, 6.07) is 5.83. The molecule has 8 heteroatoms. The van der Waals surface area contributed by atoms with Crippen LogP contribution in [0.5, 0.6) is 0 Å². The third kappa shape index (κ3) is 6.84. The molecule has 1 aromatic rings. The van der Waals surface area contributed by atoms with Crippen molar-refractivity contribution in [3.63, 3.8) is 0 Å². The Kier molecular flexibility index (Phi) is 8.88. The molecule has 0 saturated carbocycles. The van der Waals surface area contributed by atoms with Crippen LogP contribution in [-0.4, -0.2) is 64.7 Å². The van der Waals surface area contributed by atoms with E-state index in [2.05, 4.69) is 14.9 Å². The first-order chi connectivity index (χ1) is 13.3. The number of carbonyl (C=O) groups is 1. The van der Waals surface area contributed by atoms with Gasteiger partial charge in [0.15, 0.2) is 0 Å². The zero-order chi connectivity index (χ0) is 20.6. The van der Waals surface area contributed by atoms with E-state index in [1.54, 1.807) is 24.3 Å². The molecule has 2 rings (SSSR count). The van der Waals surface area contributed by atoms with E-state index in [0.29, 0.717) is 13.0 Å². The monoisotopic (exact) mass is 411 g/mol. The summed E-state index contributed by atoms with van der Waals surface area (Å²) in [6.45, 7) is 10.5. The first-order valence-corrected chi connectivity index (χ1v) is 11.5. The van der Waals surface area contributed by atoms with Gasteiger partial charge in [0.2, 0.25) is 15.9 Å². The maximum Gasteiger partial charge on any atom is 0.241 e. The Hall–Kier alpha value is -1.48. The Balaban J connectivity index is 1.92. The van der Waals surface area contributed by atoms with Crippen LogP contribution in [0.25, 0.3) is 0 Å². The Bertz CT molecular complexity index is 715. The lowest BCUT2D eigenvalue weighted by Crippen LogP contribution is -2.50. The highest BCUT2D eigenvalue weighted by Crippen LogP contribution is 2.15. The van der Waals surface area contributed by atoms with Gasteiger partial charge in [-0.2, -0.15) is 4.72 Å². The second-order valence-corrected chi connectivity index (χ2v) is 9.11. The average Bonchev–Trinajstić information content (AvgIpc) is 2.70. The zero-order valence-electron chi connectivity index (χ0n) is 17.1. The number of ether oxygens (including phenoxy) is 1. The van der Waals surface area contributed by atoms with Gasteiger partial charge in [0.05, 0.1) is 18.1 Å². The molecule has 0 bridgehead atoms. The molecule has 2 N–H and O–H groups in total. The molecule has 7 nitrogen and oxygen atoms in total. The molecule has 0 spiro atoms. The Morgan fingerprint density at radius 2 is 1.86 bits per heavy atom. The van der Waals surface area contributed by atoms with Crippen LogP contribution in [0.2, 0.25) is 0 Å². The van der Waals surface area contributed by atoms with E-state index in [4.69, 9.17) is 4.74 Å². The molecule has 0 radical (unpaired) electrons. The SMILES string of the molecule is CC[C@H](C)[C@H](NS(=O)(=O)c1ccc(C)cc1)C(=O)NCCCN1CCOCC1. The van der Waals surface area contributed by atoms with Crippen molar-refractivity contribution in [1.82, 2.24) is 14.9 Å². The molecule has 1 aliphatic rings. The van der Waals surface area contributed by atoms with E-state index < -0.39 is 16.1 Å². The highest BCUT2D eigenvalue weighted by Gasteiger charge is 2.29. The Morgan fingerprint density at radius 1 is 1.21 bits per heavy atom. The minimum atomic E-state index is -3.76. The summed E-state index contributed by atoms with van der Waals surface area (Å²) < 4.78 is 33.3. The number of nitrogens with zero attached hydrogens (tertiary/aromatic N) is 1. The highest BCUT2D eigenvalue weighted by molar-refractivity contribution is 7.89. The van der Waals surface area contributed by atoms with Gasteiger partial charge in [-0.05, 0) is 37.9 Å². The lowest BCUT2D eigenvalue weighted by atomic mass is 9.99. The number of hydrogen-bond donors (Lipinski definition) is 2. The molecule has 1 heterocycles. The van der Waals surface area contributed by atoms with Gasteiger partial charge in [-0.25, -0.2) is 8.42 Å². The second kappa shape index (κ2) is 10.9. The number of amides is 1. The van der Waals surface area contributed by atoms with Gasteiger partial charge in [-0.3, -0.25) is 9.69 Å². The largest absolute Gasteiger partial charge is 0.379 e. The number of morpholine rings is 1. The summed E-state index contributed by atoms with van der Waals surface area (Å²) in [5, 5.41) is 2.90. The summed E-state index contributed by atoms with van der Waals surface area (Å²) in [5.74, 6) is -0.383. The molecule has 1 fully saturated rings. The lowest BCUT2D eigenvalue weighted by molar-refractivity contribution is -0.123. The van der Waals surface area contributed by atoms with E-state index >= 15 is 0 Å². The quantitative estimate of drug-likeness (QED) is 0.570. The van der Waals surface area contributed by atoms with E-state index in [-0.39, 0.29) is 16.7 Å². The normalized spacial score (nSPS) is 17.8. The summed E-state index contributed by atoms with van der Waals surface area (Å²) >= 11 is 0. The predicted molar refractivity (Wildman–Crippen MR) is 110 cm³/mol. The standard InChI is InChI=1S/C20H33N3O4S/c1-4-17(3)19(22-28(25,26)18-8-6-16(2)7-9-18)20(24)21-10-5-11-23-12-14-27-15-13-23/h6-9,17,19,22H,4-5,10-15H2,1-3H3,(H,21,24)/t17-,19-/m0/s1. The molecular formula is C20H33N3O4S. The van der Waals surface area contributed by atoms with Crippen LogP contribution in [0, 0.1) is 12.8 Å². The number of nitrogens with one attached hydrogen (secondary N) is 2. The molecular weight excluding hydrogens is 378 g/mol. The van der Waals surface area contributed by atoms with Gasteiger partial charge >= 0.3 is 0 Å². The zero-order valence-corrected chi connectivity index (χ0v) is 17.9. The molecule has 28 heavy (non-hydrogen) atoms. The number of benzene rings is 1. The number of aryl methyl sites for hydroxylation is 1. The number of hydrogen-bond acceptors (Lipinski definition) is 5. The van der Waals surface area contributed by atoms with Crippen LogP contribution in [0.4, 0.5) is 0 Å². The molecule has 1 aliphatic heterocycles. The van der Waals surface area contributed by atoms with Gasteiger partial charge in [-0.15, -0.1) is 0 Å². The number of rotatable bonds is 10. The van der Waals surface area contributed by atoms with Gasteiger partial charge in [0, 0.05) is 19.6 Å². The minimum absolute atomic E-state index is 0.112. The molecule has 1 amide bonds. The molecule has 0 aromatic heterocycles. The number of carbonyl (C=O) groups excluding carboxylic acids is 1. The smallest absolute Gasteiger partial charge is 0.241 e. The summed E-state index contributed by atoms with van der Waals surface area (Å²) in [7, 11) is -3.76. The van der Waals surface area contributed by atoms with Crippen molar-refractivity contribution in [3.05, 3.63) is 29.8 Å². The summed E-state index contributed by atoms with van der Waals surface area (Å²) in [4.78, 5) is 15.2. The highest BCUT2D eigenvalue weighted by atomic mass is 32.2. The van der Waals surface area contributed by atoms with Crippen LogP contribution in [-0.2, 0) is 19.6 Å². The van der Waals surface area contributed by atoms with E-state index in [0.717, 1.165) is 44.8 Å². The van der Waals surface area contributed by atoms with E-state index in [1.165, 1.54) is 0 Å². The summed E-state index contributed by atoms with van der Waals surface area (Å²) in [6.07, 6.45) is 1.52. The van der Waals surface area contributed by atoms with E-state index in [9.17, 15) is 13.2 Å². The average molecular weight is 412 g/mol. The fourth-order valence-electron chi connectivity index (χ4n) is 3.07. The molecule has 158 valence electrons. The van der Waals surface area contributed by atoms with Crippen molar-refractivity contribution in [2.75, 3.05) is 39.4 Å². The van der Waals surface area contributed by atoms with Crippen LogP contribution in [0.15, 0.2) is 29.2 Å². The van der Waals surface area contributed by atoms with Crippen molar-refractivity contribution < 1.29 is 17.9 Å². The van der Waals surface area contributed by atoms with Crippen molar-refractivity contribution in [3.8, 4) is 0 Å². The maximum atomic E-state index is 12.7. The topological polar surface area (TPSA) is 87.7 Å². The first-order valence-electron chi connectivity index (χ1n) is 10.0. The third-order valence-electron chi connectivity index (χ3n) is 5.16. The van der Waals surface area contributed by atoms with Gasteiger partial charge < -0.3 is 10.1 Å². The molecule has 1 saturated heterocycles. The van der Waals surface area contributed by atoms with Crippen molar-refractivity contribution >= 4 is 15.9 Å². The second-order valence-electron chi connectivity index (χ2n) is 7.40. The Morgan fingerprint density at radius 3 is 2.46 bits per heavy atom. The molecule has 0 unspecified atom stereocenters. The van der Waals surface area contributed by atoms with Crippen LogP contribution in [0.3, 0.4) is 0 Å². The molecule has 2 atom stereocenters. The molecule has 0 aliphatic carbocycles. The Labute approximate surface area is 168 Å². The minimum Gasteiger partial charge on any atom is -0.379 e. The van der Waals surface area contributed by atoms with Crippen molar-refractivity contribution in [1.29, 1.82) is 0 Å². The van der Waals surface area contributed by atoms with Crippen LogP contribution < -0.4 is 10.0 Å². The fourth-order valence-corrected chi connectivity index (χ4v) is 4.37. The third-order valence-corrected chi connectivity index (χ3v) is 6.62. The first kappa shape index (κ1) is 22.8. The fraction of sp³-hybridized carbons (Fsp3) is 0.650. The van der Waals surface area contributed by atoms with Crippen LogP contribution in [0.1, 0.15) is 32.3 Å². The van der Waals surface area contributed by atoms with Gasteiger partial charge in [0.1, 0.15) is 6.04 Å². The van der Waals surface area contributed by atoms with E-state index in [1.807, 2.05) is 20.8 Å². The molecule has 1 aromatic carbocycles. The van der Waals surface area contributed by atoms with Gasteiger partial charge in [-0.1, -0.05) is 38.0 Å². The maximum absolute atomic E-state index is 12.7. The predicted octanol–water partition coefficient (Wildman–Crippen LogP) is 1.53. The van der Waals surface area contributed by atoms with Crippen molar-refractivity contribution in [2.24, 2.45) is 5.92 Å².